The first-order valence-electron chi connectivity index (χ1n) is 14.3. The number of ether oxygens (including phenoxy) is 2. The Morgan fingerprint density at radius 1 is 1.20 bits per heavy atom. The van der Waals surface area contributed by atoms with Gasteiger partial charge in [-0.15, -0.1) is 0 Å². The molecule has 6 rings (SSSR count). The molecule has 3 aliphatic rings. The van der Waals surface area contributed by atoms with Crippen molar-refractivity contribution in [2.24, 2.45) is 0 Å². The monoisotopic (exact) mass is 637 g/mol. The number of carbonyl (C=O) groups excluding carboxylic acids is 4. The molecule has 12 nitrogen and oxygen atoms in total. The minimum Gasteiger partial charge on any atom is -0.453 e. The third-order valence-electron chi connectivity index (χ3n) is 8.22. The maximum atomic E-state index is 15.4. The Kier molecular flexibility index (Phi) is 7.96. The number of fused-ring (bicyclic) bond motifs is 6. The van der Waals surface area contributed by atoms with Crippen LogP contribution in [0.5, 0.6) is 0 Å². The summed E-state index contributed by atoms with van der Waals surface area (Å²) in [5.74, 6) is -1.90. The van der Waals surface area contributed by atoms with Crippen LogP contribution in [0.25, 0.3) is 11.3 Å². The Labute approximate surface area is 261 Å². The van der Waals surface area contributed by atoms with E-state index in [0.29, 0.717) is 48.3 Å². The number of oxazole rings is 1. The molecule has 45 heavy (non-hydrogen) atoms. The van der Waals surface area contributed by atoms with Gasteiger partial charge in [0.1, 0.15) is 5.92 Å². The first-order chi connectivity index (χ1) is 21.6. The molecule has 2 bridgehead atoms. The highest BCUT2D eigenvalue weighted by molar-refractivity contribution is 6.31. The Morgan fingerprint density at radius 3 is 2.82 bits per heavy atom. The smallest absolute Gasteiger partial charge is 0.412 e. The lowest BCUT2D eigenvalue weighted by molar-refractivity contribution is -0.141. The van der Waals surface area contributed by atoms with E-state index in [1.165, 1.54) is 30.3 Å². The fraction of sp³-hybridized carbons (Fsp3) is 0.323. The third kappa shape index (κ3) is 5.70. The van der Waals surface area contributed by atoms with Gasteiger partial charge in [0.25, 0.3) is 5.91 Å². The van der Waals surface area contributed by atoms with E-state index in [-0.39, 0.29) is 53.2 Å². The predicted molar refractivity (Wildman–Crippen MR) is 161 cm³/mol. The molecule has 2 aromatic carbocycles. The molecule has 1 fully saturated rings. The van der Waals surface area contributed by atoms with Crippen LogP contribution in [0.4, 0.5) is 31.0 Å². The van der Waals surface area contributed by atoms with E-state index < -0.39 is 35.4 Å². The van der Waals surface area contributed by atoms with Gasteiger partial charge in [-0.1, -0.05) is 18.2 Å². The minimum atomic E-state index is -1.44. The first kappa shape index (κ1) is 30.1. The van der Waals surface area contributed by atoms with Crippen molar-refractivity contribution >= 4 is 52.7 Å². The molecule has 4 amide bonds. The number of anilines is 3. The number of likely N-dealkylation sites (tertiary alicyclic amines) is 1. The van der Waals surface area contributed by atoms with E-state index in [1.54, 1.807) is 18.2 Å². The number of piperidine rings is 1. The molecule has 1 saturated heterocycles. The van der Waals surface area contributed by atoms with Crippen molar-refractivity contribution in [2.75, 3.05) is 36.1 Å². The normalized spacial score (nSPS) is 21.3. The van der Waals surface area contributed by atoms with Gasteiger partial charge in [-0.05, 0) is 62.4 Å². The number of aromatic nitrogens is 1. The number of rotatable bonds is 2. The summed E-state index contributed by atoms with van der Waals surface area (Å²) in [4.78, 5) is 57.5. The highest BCUT2D eigenvalue weighted by atomic mass is 35.5. The van der Waals surface area contributed by atoms with Crippen molar-refractivity contribution in [3.8, 4) is 11.3 Å². The van der Waals surface area contributed by atoms with E-state index in [2.05, 4.69) is 32.3 Å². The molecule has 0 radical (unpaired) electrons. The van der Waals surface area contributed by atoms with Crippen LogP contribution >= 0.6 is 11.6 Å². The van der Waals surface area contributed by atoms with E-state index in [1.807, 2.05) is 0 Å². The van der Waals surface area contributed by atoms with E-state index in [4.69, 9.17) is 20.8 Å². The number of carbonyl (C=O) groups is 4. The van der Waals surface area contributed by atoms with Crippen molar-refractivity contribution in [1.29, 1.82) is 0 Å². The number of hydrogen-bond donors (Lipinski definition) is 3. The van der Waals surface area contributed by atoms with Crippen LogP contribution < -0.4 is 16.0 Å². The Morgan fingerprint density at radius 2 is 2.02 bits per heavy atom. The second kappa shape index (κ2) is 11.9. The van der Waals surface area contributed by atoms with Gasteiger partial charge in [-0.25, -0.2) is 19.0 Å². The van der Waals surface area contributed by atoms with Gasteiger partial charge in [0.05, 0.1) is 41.8 Å². The second-order valence-corrected chi connectivity index (χ2v) is 11.5. The molecule has 3 aliphatic heterocycles. The van der Waals surface area contributed by atoms with Gasteiger partial charge in [-0.2, -0.15) is 0 Å². The maximum Gasteiger partial charge on any atom is 0.412 e. The zero-order valence-electron chi connectivity index (χ0n) is 24.2. The lowest BCUT2D eigenvalue weighted by atomic mass is 9.82. The lowest BCUT2D eigenvalue weighted by Crippen LogP contribution is -2.54. The molecule has 1 aromatic heterocycles. The van der Waals surface area contributed by atoms with Gasteiger partial charge in [-0.3, -0.25) is 20.2 Å². The van der Waals surface area contributed by atoms with Gasteiger partial charge < -0.3 is 24.1 Å². The summed E-state index contributed by atoms with van der Waals surface area (Å²) < 4.78 is 31.9. The average molecular weight is 638 g/mol. The molecule has 1 spiro atoms. The summed E-state index contributed by atoms with van der Waals surface area (Å²) in [5, 5.41) is 7.77. The summed E-state index contributed by atoms with van der Waals surface area (Å²) in [7, 11) is 1.23. The molecular weight excluding hydrogens is 609 g/mol. The SMILES string of the molecule is C=C1CCCC(C(=O)N2CCC[C@@]3(C2)OC(=O)Nc2ccc(Cl)c(F)c23)c2ncc(o2)-c2ccc(NC(=O)OC)cc2NC1=O. The molecule has 2 atom stereocenters. The van der Waals surface area contributed by atoms with Gasteiger partial charge >= 0.3 is 12.2 Å². The van der Waals surface area contributed by atoms with E-state index >= 15 is 4.39 Å². The topological polar surface area (TPSA) is 152 Å². The first-order valence-corrected chi connectivity index (χ1v) is 14.7. The molecule has 234 valence electrons. The molecule has 4 heterocycles. The average Bonchev–Trinajstić information content (AvgIpc) is 3.50. The zero-order valence-corrected chi connectivity index (χ0v) is 25.0. The van der Waals surface area contributed by atoms with Crippen molar-refractivity contribution < 1.29 is 37.5 Å². The summed E-state index contributed by atoms with van der Waals surface area (Å²) in [6.07, 6.45) is 1.71. The number of amides is 4. The maximum absolute atomic E-state index is 15.4. The zero-order chi connectivity index (χ0) is 31.9. The fourth-order valence-corrected chi connectivity index (χ4v) is 6.22. The molecule has 1 unspecified atom stereocenters. The highest BCUT2D eigenvalue weighted by Crippen LogP contribution is 2.46. The summed E-state index contributed by atoms with van der Waals surface area (Å²) in [6, 6.07) is 7.65. The highest BCUT2D eigenvalue weighted by Gasteiger charge is 2.49. The Hall–Kier alpha value is -4.91. The van der Waals surface area contributed by atoms with Crippen molar-refractivity contribution in [2.45, 2.75) is 43.6 Å². The molecule has 0 saturated carbocycles. The van der Waals surface area contributed by atoms with E-state index in [0.717, 1.165) is 0 Å². The molecule has 3 aromatic rings. The van der Waals surface area contributed by atoms with Crippen molar-refractivity contribution in [3.63, 3.8) is 0 Å². The third-order valence-corrected chi connectivity index (χ3v) is 8.51. The number of hydrogen-bond acceptors (Lipinski definition) is 8. The Balaban J connectivity index is 1.34. The van der Waals surface area contributed by atoms with Crippen LogP contribution in [0.1, 0.15) is 49.5 Å². The predicted octanol–water partition coefficient (Wildman–Crippen LogP) is 6.15. The number of nitrogens with zero attached hydrogens (tertiary/aromatic N) is 2. The quantitative estimate of drug-likeness (QED) is 0.283. The molecular formula is C31H29ClFN5O7. The van der Waals surface area contributed by atoms with Crippen LogP contribution in [0.3, 0.4) is 0 Å². The lowest BCUT2D eigenvalue weighted by Gasteiger charge is -2.45. The molecule has 0 aliphatic carbocycles. The Bertz CT molecular complexity index is 1740. The van der Waals surface area contributed by atoms with Crippen molar-refractivity contribution in [3.05, 3.63) is 71.0 Å². The largest absolute Gasteiger partial charge is 0.453 e. The van der Waals surface area contributed by atoms with Crippen LogP contribution in [-0.4, -0.2) is 54.1 Å². The van der Waals surface area contributed by atoms with Crippen LogP contribution in [0.2, 0.25) is 5.02 Å². The number of halogens is 2. The van der Waals surface area contributed by atoms with Crippen LogP contribution in [0, 0.1) is 5.82 Å². The summed E-state index contributed by atoms with van der Waals surface area (Å²) in [5.41, 5.74) is 0.352. The summed E-state index contributed by atoms with van der Waals surface area (Å²) >= 11 is 6.11. The fourth-order valence-electron chi connectivity index (χ4n) is 6.06. The second-order valence-electron chi connectivity index (χ2n) is 11.1. The van der Waals surface area contributed by atoms with E-state index in [9.17, 15) is 19.2 Å². The molecule has 3 N–H and O–H groups in total. The van der Waals surface area contributed by atoms with Gasteiger partial charge in [0, 0.05) is 23.4 Å². The van der Waals surface area contributed by atoms with Gasteiger partial charge in [0.15, 0.2) is 17.2 Å². The standard InChI is InChI=1S/C31H29ClFN5O7/c1-16-5-3-6-19(27-34-14-23(44-27)18-8-7-17(35-29(41)43-2)13-22(18)36-26(16)39)28(40)38-12-4-11-31(15-38)24-21(37-30(42)45-31)10-9-20(32)25(24)33/h7-10,13-14,19H,1,3-6,11-12,15H2,2H3,(H,35,41)(H,36,39)(H,37,42)/t19?,31-/m0/s1. The minimum absolute atomic E-state index is 0.0957. The van der Waals surface area contributed by atoms with Crippen LogP contribution in [0.15, 0.2) is 53.1 Å². The van der Waals surface area contributed by atoms with Gasteiger partial charge in [0.2, 0.25) is 11.8 Å². The van der Waals surface area contributed by atoms with Crippen molar-refractivity contribution in [1.82, 2.24) is 9.88 Å². The number of benzene rings is 2. The number of nitrogens with one attached hydrogen (secondary N) is 3. The van der Waals surface area contributed by atoms with Crippen LogP contribution in [-0.2, 0) is 24.7 Å². The molecule has 14 heteroatoms. The number of methoxy groups -OCH3 is 1. The summed E-state index contributed by atoms with van der Waals surface area (Å²) in [6.45, 7) is 4.16.